The van der Waals surface area contributed by atoms with E-state index in [0.717, 1.165) is 5.56 Å². The van der Waals surface area contributed by atoms with Gasteiger partial charge in [-0.05, 0) is 38.5 Å². The second kappa shape index (κ2) is 9.83. The van der Waals surface area contributed by atoms with Crippen molar-refractivity contribution >= 4 is 12.1 Å². The summed E-state index contributed by atoms with van der Waals surface area (Å²) in [7, 11) is 0. The Hall–Kier alpha value is -2.35. The first-order chi connectivity index (χ1) is 11.7. The zero-order chi connectivity index (χ0) is 18.9. The number of carboxylic acid groups (broad SMARTS) is 1. The first kappa shape index (κ1) is 20.7. The third-order valence-corrected chi connectivity index (χ3v) is 2.79. The molecule has 0 aliphatic rings. The number of carbonyl (C=O) groups is 2. The molecule has 0 aromatic heterocycles. The Morgan fingerprint density at radius 3 is 2.64 bits per heavy atom. The molecule has 140 valence electrons. The van der Waals surface area contributed by atoms with Gasteiger partial charge < -0.3 is 24.6 Å². The van der Waals surface area contributed by atoms with E-state index < -0.39 is 30.4 Å². The van der Waals surface area contributed by atoms with Crippen LogP contribution >= 0.6 is 0 Å². The summed E-state index contributed by atoms with van der Waals surface area (Å²) in [5, 5.41) is 11.4. The highest BCUT2D eigenvalue weighted by molar-refractivity contribution is 5.80. The van der Waals surface area contributed by atoms with E-state index in [-0.39, 0.29) is 19.8 Å². The predicted molar refractivity (Wildman–Crippen MR) is 88.4 cm³/mol. The number of carbonyl (C=O) groups excluding carboxylic acids is 1. The van der Waals surface area contributed by atoms with Crippen LogP contribution in [0.15, 0.2) is 24.3 Å². The Morgan fingerprint density at radius 2 is 2.04 bits per heavy atom. The van der Waals surface area contributed by atoms with Gasteiger partial charge in [-0.1, -0.05) is 12.1 Å². The molecular weight excluding hydrogens is 333 g/mol. The van der Waals surface area contributed by atoms with Gasteiger partial charge in [0.25, 0.3) is 0 Å². The quantitative estimate of drug-likeness (QED) is 0.705. The van der Waals surface area contributed by atoms with Crippen LogP contribution in [0.2, 0.25) is 0 Å². The fourth-order valence-electron chi connectivity index (χ4n) is 1.80. The van der Waals surface area contributed by atoms with Crippen LogP contribution in [0.5, 0.6) is 5.75 Å². The molecule has 0 heterocycles. The van der Waals surface area contributed by atoms with E-state index in [1.165, 1.54) is 0 Å². The summed E-state index contributed by atoms with van der Waals surface area (Å²) in [4.78, 5) is 22.9. The summed E-state index contributed by atoms with van der Waals surface area (Å²) < 4.78 is 27.6. The van der Waals surface area contributed by atoms with Gasteiger partial charge in [0.1, 0.15) is 24.6 Å². The first-order valence-corrected chi connectivity index (χ1v) is 7.79. The van der Waals surface area contributed by atoms with Crippen molar-refractivity contribution in [2.75, 3.05) is 19.9 Å². The van der Waals surface area contributed by atoms with Crippen molar-refractivity contribution in [2.24, 2.45) is 0 Å². The molecule has 8 heteroatoms. The molecule has 0 aliphatic heterocycles. The van der Waals surface area contributed by atoms with E-state index in [4.69, 9.17) is 19.3 Å². The summed E-state index contributed by atoms with van der Waals surface area (Å²) in [5.74, 6) is -0.730. The summed E-state index contributed by atoms with van der Waals surface area (Å²) in [6.45, 7) is 4.30. The molecule has 1 amide bonds. The average Bonchev–Trinajstić information content (AvgIpc) is 2.50. The Bertz CT molecular complexity index is 573. The second-order valence-corrected chi connectivity index (χ2v) is 6.24. The number of benzene rings is 1. The van der Waals surface area contributed by atoms with Crippen LogP contribution in [-0.4, -0.2) is 48.7 Å². The van der Waals surface area contributed by atoms with Gasteiger partial charge in [0.05, 0.1) is 13.2 Å². The summed E-state index contributed by atoms with van der Waals surface area (Å²) in [6, 6.07) is 5.61. The van der Waals surface area contributed by atoms with Crippen molar-refractivity contribution in [2.45, 2.75) is 39.0 Å². The molecule has 0 saturated heterocycles. The Balaban J connectivity index is 2.50. The lowest BCUT2D eigenvalue weighted by Gasteiger charge is -2.22. The number of halogens is 1. The topological polar surface area (TPSA) is 94.1 Å². The molecule has 25 heavy (non-hydrogen) atoms. The molecule has 0 fully saturated rings. The maximum absolute atomic E-state index is 12.1. The smallest absolute Gasteiger partial charge is 0.408 e. The number of rotatable bonds is 9. The summed E-state index contributed by atoms with van der Waals surface area (Å²) in [5.41, 5.74) is 0.00591. The molecule has 1 atom stereocenters. The van der Waals surface area contributed by atoms with Crippen molar-refractivity contribution in [3.8, 4) is 5.75 Å². The molecule has 1 rings (SSSR count). The Kier molecular flexibility index (Phi) is 8.13. The number of nitrogens with one attached hydrogen (secondary N) is 1. The largest absolute Gasteiger partial charge is 0.491 e. The van der Waals surface area contributed by atoms with Crippen LogP contribution in [-0.2, 0) is 20.9 Å². The minimum Gasteiger partial charge on any atom is -0.491 e. The van der Waals surface area contributed by atoms with Crippen molar-refractivity contribution in [3.05, 3.63) is 29.8 Å². The van der Waals surface area contributed by atoms with E-state index >= 15 is 0 Å². The predicted octanol–water partition coefficient (Wildman–Crippen LogP) is 2.53. The molecule has 2 N–H and O–H groups in total. The van der Waals surface area contributed by atoms with E-state index in [1.54, 1.807) is 45.0 Å². The molecule has 0 saturated carbocycles. The average molecular weight is 357 g/mol. The molecule has 7 nitrogen and oxygen atoms in total. The number of alkyl carbamates (subject to hydrolysis) is 1. The van der Waals surface area contributed by atoms with Crippen LogP contribution < -0.4 is 10.1 Å². The van der Waals surface area contributed by atoms with Crippen LogP contribution in [0, 0.1) is 0 Å². The maximum atomic E-state index is 12.1. The number of aliphatic carboxylic acids is 1. The fourth-order valence-corrected chi connectivity index (χ4v) is 1.80. The van der Waals surface area contributed by atoms with Gasteiger partial charge in [-0.2, -0.15) is 0 Å². The molecule has 0 aliphatic carbocycles. The number of amides is 1. The molecule has 0 radical (unpaired) electrons. The summed E-state index contributed by atoms with van der Waals surface area (Å²) in [6.07, 6.45) is -0.829. The zero-order valence-corrected chi connectivity index (χ0v) is 14.6. The highest BCUT2D eigenvalue weighted by Crippen LogP contribution is 2.14. The van der Waals surface area contributed by atoms with Gasteiger partial charge >= 0.3 is 12.1 Å². The lowest BCUT2D eigenvalue weighted by molar-refractivity contribution is -0.141. The lowest BCUT2D eigenvalue weighted by atomic mass is 10.2. The third kappa shape index (κ3) is 8.90. The monoisotopic (exact) mass is 357 g/mol. The number of ether oxygens (including phenoxy) is 3. The van der Waals surface area contributed by atoms with Crippen LogP contribution in [0.4, 0.5) is 9.18 Å². The summed E-state index contributed by atoms with van der Waals surface area (Å²) >= 11 is 0. The Labute approximate surface area is 146 Å². The van der Waals surface area contributed by atoms with Gasteiger partial charge in [-0.3, -0.25) is 0 Å². The van der Waals surface area contributed by atoms with Crippen molar-refractivity contribution < 1.29 is 33.3 Å². The molecular formula is C17H24FNO6. The van der Waals surface area contributed by atoms with E-state index in [2.05, 4.69) is 5.32 Å². The van der Waals surface area contributed by atoms with Crippen molar-refractivity contribution in [1.29, 1.82) is 0 Å². The minimum atomic E-state index is -1.24. The van der Waals surface area contributed by atoms with Gasteiger partial charge in [0, 0.05) is 0 Å². The molecule has 1 unspecified atom stereocenters. The highest BCUT2D eigenvalue weighted by atomic mass is 19.1. The van der Waals surface area contributed by atoms with E-state index in [9.17, 15) is 14.0 Å². The lowest BCUT2D eigenvalue weighted by Crippen LogP contribution is -2.46. The minimum absolute atomic E-state index is 0.0365. The molecule has 0 bridgehead atoms. The van der Waals surface area contributed by atoms with Crippen LogP contribution in [0.1, 0.15) is 26.3 Å². The molecule has 0 spiro atoms. The molecule has 1 aromatic carbocycles. The van der Waals surface area contributed by atoms with E-state index in [1.807, 2.05) is 0 Å². The number of hydrogen-bond donors (Lipinski definition) is 2. The number of carboxylic acids is 1. The number of hydrogen-bond acceptors (Lipinski definition) is 5. The van der Waals surface area contributed by atoms with Gasteiger partial charge in [0.2, 0.25) is 0 Å². The van der Waals surface area contributed by atoms with Crippen molar-refractivity contribution in [1.82, 2.24) is 5.32 Å². The highest BCUT2D eigenvalue weighted by Gasteiger charge is 2.24. The zero-order valence-electron chi connectivity index (χ0n) is 14.6. The normalized spacial score (nSPS) is 12.3. The first-order valence-electron chi connectivity index (χ1n) is 7.79. The van der Waals surface area contributed by atoms with Gasteiger partial charge in [-0.25, -0.2) is 14.0 Å². The Morgan fingerprint density at radius 1 is 1.32 bits per heavy atom. The second-order valence-electron chi connectivity index (χ2n) is 6.24. The van der Waals surface area contributed by atoms with Crippen LogP contribution in [0.3, 0.4) is 0 Å². The van der Waals surface area contributed by atoms with E-state index in [0.29, 0.717) is 5.75 Å². The third-order valence-electron chi connectivity index (χ3n) is 2.79. The van der Waals surface area contributed by atoms with Gasteiger partial charge in [0.15, 0.2) is 6.04 Å². The fraction of sp³-hybridized carbons (Fsp3) is 0.529. The molecule has 1 aromatic rings. The number of alkyl halides is 1. The van der Waals surface area contributed by atoms with Crippen molar-refractivity contribution in [3.63, 3.8) is 0 Å². The standard InChI is InChI=1S/C17H24FNO6/c1-17(2,3)25-16(22)19-14(15(20)21)11-23-10-12-5-4-6-13(9-12)24-8-7-18/h4-6,9,14H,7-8,10-11H2,1-3H3,(H,19,22)(H,20,21). The SMILES string of the molecule is CC(C)(C)OC(=O)NC(COCc1cccc(OCCF)c1)C(=O)O. The van der Waals surface area contributed by atoms with Gasteiger partial charge in [-0.15, -0.1) is 0 Å². The maximum Gasteiger partial charge on any atom is 0.408 e. The van der Waals surface area contributed by atoms with Crippen LogP contribution in [0.25, 0.3) is 0 Å².